The number of benzene rings is 3. The summed E-state index contributed by atoms with van der Waals surface area (Å²) in [6.45, 7) is 9.63. The molecule has 1 N–H and O–H groups in total. The second-order valence-electron chi connectivity index (χ2n) is 11.4. The van der Waals surface area contributed by atoms with E-state index in [9.17, 15) is 4.79 Å². The quantitative estimate of drug-likeness (QED) is 0.386. The van der Waals surface area contributed by atoms with E-state index in [1.165, 1.54) is 28.6 Å². The smallest absolute Gasteiger partial charge is 0.338 e. The predicted octanol–water partition coefficient (Wildman–Crippen LogP) is 4.93. The molecule has 0 bridgehead atoms. The molecule has 0 radical (unpaired) electrons. The standard InChI is InChI=1S/C31H37NO3Si/c1-21-16-22-17-23-18-24(32-29(23)28(22)19-27(21)30(33)34-5)20-35-36(31(2,3)4,25-12-8-6-9-13-25)26-14-10-7-11-15-26/h6-16,19,23-24,29,32H,17-18,20H2,1-5H3/t23-,24+,29+/m1/s1. The Bertz CT molecular complexity index is 1200. The van der Waals surface area contributed by atoms with E-state index in [0.29, 0.717) is 18.1 Å². The van der Waals surface area contributed by atoms with Crippen LogP contribution in [0.15, 0.2) is 72.8 Å². The van der Waals surface area contributed by atoms with E-state index in [4.69, 9.17) is 9.16 Å². The fourth-order valence-corrected chi connectivity index (χ4v) is 11.1. The normalized spacial score (nSPS) is 21.2. The van der Waals surface area contributed by atoms with Crippen molar-refractivity contribution in [1.29, 1.82) is 0 Å². The van der Waals surface area contributed by atoms with Gasteiger partial charge < -0.3 is 14.5 Å². The highest BCUT2D eigenvalue weighted by Crippen LogP contribution is 2.45. The molecule has 2 aliphatic rings. The Hall–Kier alpha value is -2.73. The third-order valence-electron chi connectivity index (χ3n) is 8.10. The third kappa shape index (κ3) is 4.23. The van der Waals surface area contributed by atoms with Crippen LogP contribution in [0.2, 0.25) is 5.04 Å². The van der Waals surface area contributed by atoms with Gasteiger partial charge in [-0.1, -0.05) is 87.5 Å². The summed E-state index contributed by atoms with van der Waals surface area (Å²) < 4.78 is 12.2. The van der Waals surface area contributed by atoms with E-state index in [-0.39, 0.29) is 23.1 Å². The minimum atomic E-state index is -2.56. The van der Waals surface area contributed by atoms with Crippen LogP contribution in [-0.4, -0.2) is 34.0 Å². The van der Waals surface area contributed by atoms with Gasteiger partial charge in [0.25, 0.3) is 8.32 Å². The lowest BCUT2D eigenvalue weighted by Crippen LogP contribution is -2.67. The number of rotatable bonds is 6. The Morgan fingerprint density at radius 2 is 1.61 bits per heavy atom. The van der Waals surface area contributed by atoms with Crippen LogP contribution in [0.25, 0.3) is 0 Å². The SMILES string of the molecule is COC(=O)c1cc2c(cc1C)C[C@@H]1C[C@@H](CO[Si](c3ccccc3)(c3ccccc3)C(C)(C)C)N[C@H]21. The maximum atomic E-state index is 12.3. The monoisotopic (exact) mass is 499 g/mol. The number of aryl methyl sites for hydroxylation is 1. The number of hydrogen-bond acceptors (Lipinski definition) is 4. The van der Waals surface area contributed by atoms with E-state index in [2.05, 4.69) is 98.9 Å². The summed E-state index contributed by atoms with van der Waals surface area (Å²) in [5, 5.41) is 6.47. The van der Waals surface area contributed by atoms with Crippen LogP contribution in [0.5, 0.6) is 0 Å². The summed E-state index contributed by atoms with van der Waals surface area (Å²) in [5.74, 6) is 0.267. The molecule has 1 fully saturated rings. The Kier molecular flexibility index (Phi) is 6.66. The molecular weight excluding hydrogens is 462 g/mol. The van der Waals surface area contributed by atoms with Crippen molar-refractivity contribution in [2.75, 3.05) is 13.7 Å². The van der Waals surface area contributed by atoms with Gasteiger partial charge in [-0.2, -0.15) is 0 Å². The Balaban J connectivity index is 1.42. The van der Waals surface area contributed by atoms with Gasteiger partial charge in [0.1, 0.15) is 0 Å². The molecule has 36 heavy (non-hydrogen) atoms. The molecule has 0 unspecified atom stereocenters. The van der Waals surface area contributed by atoms with Gasteiger partial charge in [-0.3, -0.25) is 0 Å². The van der Waals surface area contributed by atoms with E-state index in [1.54, 1.807) is 0 Å². The van der Waals surface area contributed by atoms with Gasteiger partial charge in [-0.25, -0.2) is 4.79 Å². The molecule has 1 heterocycles. The Morgan fingerprint density at radius 1 is 1.00 bits per heavy atom. The average Bonchev–Trinajstić information content (AvgIpc) is 3.41. The molecule has 1 saturated heterocycles. The van der Waals surface area contributed by atoms with Gasteiger partial charge in [-0.15, -0.1) is 0 Å². The summed E-state index contributed by atoms with van der Waals surface area (Å²) in [6, 6.07) is 26.4. The number of ether oxygens (including phenoxy) is 1. The molecule has 4 nitrogen and oxygen atoms in total. The summed E-state index contributed by atoms with van der Waals surface area (Å²) in [6.07, 6.45) is 2.12. The first-order chi connectivity index (χ1) is 17.2. The summed E-state index contributed by atoms with van der Waals surface area (Å²) in [4.78, 5) is 12.3. The second-order valence-corrected chi connectivity index (χ2v) is 15.7. The molecule has 0 spiro atoms. The van der Waals surface area contributed by atoms with Crippen molar-refractivity contribution in [1.82, 2.24) is 5.32 Å². The van der Waals surface area contributed by atoms with Crippen molar-refractivity contribution in [3.8, 4) is 0 Å². The number of esters is 1. The van der Waals surface area contributed by atoms with Crippen molar-refractivity contribution in [3.05, 3.63) is 95.1 Å². The Morgan fingerprint density at radius 3 is 2.17 bits per heavy atom. The van der Waals surface area contributed by atoms with Crippen LogP contribution < -0.4 is 15.7 Å². The molecule has 3 aromatic rings. The number of hydrogen-bond donors (Lipinski definition) is 1. The first kappa shape index (κ1) is 24.9. The van der Waals surface area contributed by atoms with Crippen LogP contribution in [0.1, 0.15) is 60.3 Å². The highest BCUT2D eigenvalue weighted by Gasteiger charge is 2.51. The summed E-state index contributed by atoms with van der Waals surface area (Å²) in [5.41, 5.74) is 4.27. The number of methoxy groups -OCH3 is 1. The molecule has 3 aromatic carbocycles. The molecule has 1 aliphatic carbocycles. The van der Waals surface area contributed by atoms with Crippen molar-refractivity contribution < 1.29 is 14.0 Å². The zero-order valence-corrected chi connectivity index (χ0v) is 23.0. The lowest BCUT2D eigenvalue weighted by Gasteiger charge is -2.43. The zero-order chi connectivity index (χ0) is 25.5. The number of nitrogens with one attached hydrogen (secondary N) is 1. The van der Waals surface area contributed by atoms with Gasteiger partial charge in [-0.05, 0) is 63.9 Å². The van der Waals surface area contributed by atoms with Gasteiger partial charge in [0.15, 0.2) is 0 Å². The van der Waals surface area contributed by atoms with Crippen molar-refractivity contribution in [2.24, 2.45) is 5.92 Å². The lowest BCUT2D eigenvalue weighted by molar-refractivity contribution is 0.0599. The van der Waals surface area contributed by atoms with Crippen LogP contribution >= 0.6 is 0 Å². The Labute approximate surface area is 216 Å². The molecule has 5 rings (SSSR count). The predicted molar refractivity (Wildman–Crippen MR) is 148 cm³/mol. The maximum Gasteiger partial charge on any atom is 0.338 e. The first-order valence-corrected chi connectivity index (χ1v) is 14.9. The number of carbonyl (C=O) groups is 1. The third-order valence-corrected chi connectivity index (χ3v) is 13.1. The molecule has 3 atom stereocenters. The minimum Gasteiger partial charge on any atom is -0.465 e. The topological polar surface area (TPSA) is 47.6 Å². The van der Waals surface area contributed by atoms with Crippen molar-refractivity contribution in [2.45, 2.75) is 57.7 Å². The second kappa shape index (κ2) is 9.62. The molecular formula is C31H37NO3Si. The van der Waals surface area contributed by atoms with E-state index < -0.39 is 8.32 Å². The van der Waals surface area contributed by atoms with Gasteiger partial charge in [0.05, 0.1) is 19.3 Å². The van der Waals surface area contributed by atoms with E-state index in [0.717, 1.165) is 18.4 Å². The maximum absolute atomic E-state index is 12.3. The number of fused-ring (bicyclic) bond motifs is 3. The minimum absolute atomic E-state index is 0.0380. The molecule has 1 aliphatic heterocycles. The average molecular weight is 500 g/mol. The van der Waals surface area contributed by atoms with Crippen molar-refractivity contribution >= 4 is 24.7 Å². The van der Waals surface area contributed by atoms with Gasteiger partial charge in [0, 0.05) is 12.1 Å². The molecule has 0 aromatic heterocycles. The fourth-order valence-electron chi connectivity index (χ4n) is 6.47. The summed E-state index contributed by atoms with van der Waals surface area (Å²) in [7, 11) is -1.11. The zero-order valence-electron chi connectivity index (χ0n) is 22.0. The van der Waals surface area contributed by atoms with Crippen LogP contribution in [0.4, 0.5) is 0 Å². The van der Waals surface area contributed by atoms with Crippen LogP contribution in [0.3, 0.4) is 0 Å². The van der Waals surface area contributed by atoms with Crippen molar-refractivity contribution in [3.63, 3.8) is 0 Å². The largest absolute Gasteiger partial charge is 0.465 e. The van der Waals surface area contributed by atoms with Crippen LogP contribution in [0, 0.1) is 12.8 Å². The number of carbonyl (C=O) groups excluding carboxylic acids is 1. The van der Waals surface area contributed by atoms with Crippen LogP contribution in [-0.2, 0) is 15.6 Å². The molecule has 188 valence electrons. The highest BCUT2D eigenvalue weighted by atomic mass is 28.4. The first-order valence-electron chi connectivity index (χ1n) is 13.0. The lowest BCUT2D eigenvalue weighted by atomic mass is 9.99. The molecule has 0 amide bonds. The molecule has 0 saturated carbocycles. The van der Waals surface area contributed by atoms with E-state index in [1.807, 2.05) is 6.92 Å². The highest BCUT2D eigenvalue weighted by molar-refractivity contribution is 6.99. The molecule has 5 heteroatoms. The fraction of sp³-hybridized carbons (Fsp3) is 0.387. The van der Waals surface area contributed by atoms with E-state index >= 15 is 0 Å². The van der Waals surface area contributed by atoms with Gasteiger partial charge in [0.2, 0.25) is 0 Å². The van der Waals surface area contributed by atoms with Gasteiger partial charge >= 0.3 is 5.97 Å². The summed E-state index contributed by atoms with van der Waals surface area (Å²) >= 11 is 0.